The average Bonchev–Trinajstić information content (AvgIpc) is 3.10. The molecule has 158 valence electrons. The lowest BCUT2D eigenvalue weighted by atomic mass is 10.0. The minimum Gasteiger partial charge on any atom is -0.338 e. The Morgan fingerprint density at radius 2 is 1.83 bits per heavy atom. The van der Waals surface area contributed by atoms with E-state index in [1.54, 1.807) is 50.0 Å². The first-order chi connectivity index (χ1) is 14.2. The average molecular weight is 431 g/mol. The summed E-state index contributed by atoms with van der Waals surface area (Å²) < 4.78 is 42.5. The molecule has 1 aromatic heterocycles. The number of halogens is 1. The number of nitrogens with zero attached hydrogens (tertiary/aromatic N) is 2. The summed E-state index contributed by atoms with van der Waals surface area (Å²) in [6.07, 6.45) is 3.32. The molecule has 3 rings (SSSR count). The van der Waals surface area contributed by atoms with E-state index in [1.807, 2.05) is 0 Å². The molecule has 0 aliphatic rings. The van der Waals surface area contributed by atoms with Crippen LogP contribution in [0, 0.1) is 5.82 Å². The lowest BCUT2D eigenvalue weighted by molar-refractivity contribution is 0.0941. The van der Waals surface area contributed by atoms with E-state index in [9.17, 15) is 17.6 Å². The minimum atomic E-state index is -3.65. The maximum absolute atomic E-state index is 13.8. The molecule has 0 fully saturated rings. The van der Waals surface area contributed by atoms with Gasteiger partial charge in [0.05, 0.1) is 4.90 Å². The highest BCUT2D eigenvalue weighted by Crippen LogP contribution is 2.22. The fourth-order valence-corrected chi connectivity index (χ4v) is 4.27. The number of carbonyl (C=O) groups is 1. The fraction of sp³-hybridized carbons (Fsp3) is 0.238. The SMILES string of the molecule is CC(C)NS(=O)(=O)c1ccc(C(=O)NC(c2cccc(F)c2)c2nccn2C)cc1. The van der Waals surface area contributed by atoms with Gasteiger partial charge in [0.1, 0.15) is 17.7 Å². The number of hydrogen-bond acceptors (Lipinski definition) is 4. The van der Waals surface area contributed by atoms with Crippen molar-refractivity contribution in [2.24, 2.45) is 7.05 Å². The molecule has 0 aliphatic heterocycles. The number of amides is 1. The Morgan fingerprint density at radius 1 is 1.13 bits per heavy atom. The van der Waals surface area contributed by atoms with Gasteiger partial charge in [-0.05, 0) is 55.8 Å². The second-order valence-electron chi connectivity index (χ2n) is 7.16. The second-order valence-corrected chi connectivity index (χ2v) is 8.87. The van der Waals surface area contributed by atoms with E-state index in [-0.39, 0.29) is 16.5 Å². The summed E-state index contributed by atoms with van der Waals surface area (Å²) in [4.78, 5) is 17.2. The molecule has 3 aromatic rings. The van der Waals surface area contributed by atoms with Crippen molar-refractivity contribution in [3.8, 4) is 0 Å². The third kappa shape index (κ3) is 4.92. The largest absolute Gasteiger partial charge is 0.338 e. The van der Waals surface area contributed by atoms with Gasteiger partial charge in [0, 0.05) is 31.0 Å². The molecular weight excluding hydrogens is 407 g/mol. The standard InChI is InChI=1S/C21H23FN4O3S/c1-14(2)25-30(28,29)18-9-7-15(8-10-18)21(27)24-19(20-23-11-12-26(20)3)16-5-4-6-17(22)13-16/h4-14,19,25H,1-3H3,(H,24,27). The number of carbonyl (C=O) groups excluding carboxylic acids is 1. The van der Waals surface area contributed by atoms with Crippen LogP contribution in [-0.2, 0) is 17.1 Å². The highest BCUT2D eigenvalue weighted by molar-refractivity contribution is 7.89. The quantitative estimate of drug-likeness (QED) is 0.603. The van der Waals surface area contributed by atoms with Crippen LogP contribution in [0.25, 0.3) is 0 Å². The number of aryl methyl sites for hydroxylation is 1. The number of imidazole rings is 1. The first-order valence-corrected chi connectivity index (χ1v) is 10.8. The molecule has 1 atom stereocenters. The summed E-state index contributed by atoms with van der Waals surface area (Å²) >= 11 is 0. The summed E-state index contributed by atoms with van der Waals surface area (Å²) in [6.45, 7) is 3.45. The molecule has 0 saturated carbocycles. The molecular formula is C21H23FN4O3S. The van der Waals surface area contributed by atoms with Crippen molar-refractivity contribution in [2.75, 3.05) is 0 Å². The Balaban J connectivity index is 1.87. The number of sulfonamides is 1. The van der Waals surface area contributed by atoms with Crippen LogP contribution < -0.4 is 10.0 Å². The lowest BCUT2D eigenvalue weighted by Crippen LogP contribution is -2.31. The molecule has 1 unspecified atom stereocenters. The highest BCUT2D eigenvalue weighted by Gasteiger charge is 2.22. The molecule has 30 heavy (non-hydrogen) atoms. The van der Waals surface area contributed by atoms with Crippen LogP contribution in [0.4, 0.5) is 4.39 Å². The Bertz CT molecular complexity index is 1140. The fourth-order valence-electron chi connectivity index (χ4n) is 3.02. The zero-order valence-corrected chi connectivity index (χ0v) is 17.7. The van der Waals surface area contributed by atoms with Crippen LogP contribution in [0.5, 0.6) is 0 Å². The van der Waals surface area contributed by atoms with Gasteiger partial charge in [-0.2, -0.15) is 0 Å². The van der Waals surface area contributed by atoms with Crippen molar-refractivity contribution in [1.82, 2.24) is 19.6 Å². The monoisotopic (exact) mass is 430 g/mol. The summed E-state index contributed by atoms with van der Waals surface area (Å²) in [5, 5.41) is 2.86. The normalized spacial score (nSPS) is 12.7. The first-order valence-electron chi connectivity index (χ1n) is 9.33. The molecule has 0 radical (unpaired) electrons. The lowest BCUT2D eigenvalue weighted by Gasteiger charge is -2.19. The Morgan fingerprint density at radius 3 is 2.40 bits per heavy atom. The van der Waals surface area contributed by atoms with Gasteiger partial charge in [0.15, 0.2) is 0 Å². The predicted molar refractivity (Wildman–Crippen MR) is 111 cm³/mol. The molecule has 0 saturated heterocycles. The maximum atomic E-state index is 13.8. The van der Waals surface area contributed by atoms with E-state index >= 15 is 0 Å². The number of benzene rings is 2. The van der Waals surface area contributed by atoms with Crippen molar-refractivity contribution in [1.29, 1.82) is 0 Å². The van der Waals surface area contributed by atoms with Crippen LogP contribution in [0.2, 0.25) is 0 Å². The van der Waals surface area contributed by atoms with Gasteiger partial charge in [-0.3, -0.25) is 4.79 Å². The van der Waals surface area contributed by atoms with E-state index in [0.717, 1.165) is 0 Å². The Kier molecular flexibility index (Phi) is 6.33. The van der Waals surface area contributed by atoms with E-state index in [4.69, 9.17) is 0 Å². The van der Waals surface area contributed by atoms with Gasteiger partial charge in [-0.15, -0.1) is 0 Å². The zero-order valence-electron chi connectivity index (χ0n) is 16.8. The van der Waals surface area contributed by atoms with E-state index in [2.05, 4.69) is 15.0 Å². The summed E-state index contributed by atoms with van der Waals surface area (Å²) in [5.74, 6) is -0.324. The molecule has 7 nitrogen and oxygen atoms in total. The molecule has 1 heterocycles. The van der Waals surface area contributed by atoms with Crippen molar-refractivity contribution in [3.05, 3.63) is 83.7 Å². The topological polar surface area (TPSA) is 93.1 Å². The number of rotatable bonds is 7. The molecule has 2 N–H and O–H groups in total. The van der Waals surface area contributed by atoms with Gasteiger partial charge >= 0.3 is 0 Å². The van der Waals surface area contributed by atoms with E-state index in [1.165, 1.54) is 36.4 Å². The van der Waals surface area contributed by atoms with Crippen molar-refractivity contribution in [3.63, 3.8) is 0 Å². The third-order valence-electron chi connectivity index (χ3n) is 4.39. The summed E-state index contributed by atoms with van der Waals surface area (Å²) in [5.41, 5.74) is 0.812. The van der Waals surface area contributed by atoms with Crippen molar-refractivity contribution >= 4 is 15.9 Å². The van der Waals surface area contributed by atoms with Gasteiger partial charge < -0.3 is 9.88 Å². The highest BCUT2D eigenvalue weighted by atomic mass is 32.2. The number of aromatic nitrogens is 2. The Labute approximate surface area is 175 Å². The minimum absolute atomic E-state index is 0.0681. The van der Waals surface area contributed by atoms with Crippen molar-refractivity contribution < 1.29 is 17.6 Å². The molecule has 0 aliphatic carbocycles. The van der Waals surface area contributed by atoms with E-state index < -0.39 is 27.8 Å². The van der Waals surface area contributed by atoms with Gasteiger partial charge in [-0.25, -0.2) is 22.5 Å². The molecule has 0 bridgehead atoms. The first kappa shape index (κ1) is 21.7. The van der Waals surface area contributed by atoms with E-state index in [0.29, 0.717) is 11.4 Å². The summed E-state index contributed by atoms with van der Waals surface area (Å²) in [7, 11) is -1.87. The second kappa shape index (κ2) is 8.76. The Hall–Kier alpha value is -3.04. The van der Waals surface area contributed by atoms with Crippen LogP contribution >= 0.6 is 0 Å². The smallest absolute Gasteiger partial charge is 0.252 e. The molecule has 0 spiro atoms. The molecule has 9 heteroatoms. The molecule has 2 aromatic carbocycles. The summed E-state index contributed by atoms with van der Waals surface area (Å²) in [6, 6.07) is 10.6. The van der Waals surface area contributed by atoms with Crippen LogP contribution in [0.15, 0.2) is 65.8 Å². The van der Waals surface area contributed by atoms with Crippen LogP contribution in [0.1, 0.15) is 41.6 Å². The van der Waals surface area contributed by atoms with Gasteiger partial charge in [0.2, 0.25) is 10.0 Å². The number of hydrogen-bond donors (Lipinski definition) is 2. The molecule has 1 amide bonds. The predicted octanol–water partition coefficient (Wildman–Crippen LogP) is 2.77. The van der Waals surface area contributed by atoms with Gasteiger partial charge in [-0.1, -0.05) is 12.1 Å². The van der Waals surface area contributed by atoms with Crippen LogP contribution in [-0.4, -0.2) is 29.9 Å². The third-order valence-corrected chi connectivity index (χ3v) is 6.07. The van der Waals surface area contributed by atoms with Crippen LogP contribution in [0.3, 0.4) is 0 Å². The van der Waals surface area contributed by atoms with Gasteiger partial charge in [0.25, 0.3) is 5.91 Å². The number of nitrogens with one attached hydrogen (secondary N) is 2. The van der Waals surface area contributed by atoms with Crippen molar-refractivity contribution in [2.45, 2.75) is 30.8 Å². The maximum Gasteiger partial charge on any atom is 0.252 e. The zero-order chi connectivity index (χ0) is 21.9.